The molecule has 1 fully saturated rings. The van der Waals surface area contributed by atoms with Crippen molar-refractivity contribution in [3.05, 3.63) is 12.7 Å². The average Bonchev–Trinajstić information content (AvgIpc) is 3.17. The molecule has 0 aliphatic carbocycles. The maximum Gasteiger partial charge on any atom is 0.320 e. The van der Waals surface area contributed by atoms with Gasteiger partial charge in [0.05, 0.1) is 12.4 Å². The van der Waals surface area contributed by atoms with E-state index in [0.717, 1.165) is 0 Å². The van der Waals surface area contributed by atoms with Crippen LogP contribution in [0.15, 0.2) is 12.7 Å². The Morgan fingerprint density at radius 1 is 1.22 bits per heavy atom. The van der Waals surface area contributed by atoms with Gasteiger partial charge in [0.15, 0.2) is 17.7 Å². The van der Waals surface area contributed by atoms with Gasteiger partial charge < -0.3 is 37.3 Å². The molecule has 9 N–H and O–H groups in total. The van der Waals surface area contributed by atoms with Gasteiger partial charge in [0, 0.05) is 6.04 Å². The molecule has 1 aliphatic heterocycles. The molecule has 1 aliphatic rings. The van der Waals surface area contributed by atoms with Crippen molar-refractivity contribution in [2.45, 2.75) is 55.9 Å². The summed E-state index contributed by atoms with van der Waals surface area (Å²) in [4.78, 5) is 22.8. The number of aliphatic hydroxyl groups excluding tert-OH is 2. The number of fused-ring (bicyclic) bond motifs is 1. The van der Waals surface area contributed by atoms with Gasteiger partial charge in [-0.1, -0.05) is 0 Å². The first-order chi connectivity index (χ1) is 12.8. The molecule has 1 saturated heterocycles. The van der Waals surface area contributed by atoms with Crippen molar-refractivity contribution in [1.29, 1.82) is 0 Å². The Bertz CT molecular complexity index is 815. The number of carboxylic acids is 1. The third kappa shape index (κ3) is 3.84. The molecule has 3 heterocycles. The molecular weight excluding hydrogens is 358 g/mol. The molecule has 27 heavy (non-hydrogen) atoms. The van der Waals surface area contributed by atoms with E-state index in [-0.39, 0.29) is 18.7 Å². The van der Waals surface area contributed by atoms with Crippen molar-refractivity contribution in [3.63, 3.8) is 0 Å². The number of imidazole rings is 1. The third-order valence-corrected chi connectivity index (χ3v) is 4.70. The van der Waals surface area contributed by atoms with Crippen LogP contribution in [-0.4, -0.2) is 71.2 Å². The number of nitrogens with zero attached hydrogens (tertiary/aromatic N) is 4. The summed E-state index contributed by atoms with van der Waals surface area (Å²) in [5.74, 6) is -0.900. The first-order valence-corrected chi connectivity index (χ1v) is 8.48. The molecule has 3 rings (SSSR count). The van der Waals surface area contributed by atoms with Crippen LogP contribution in [0.5, 0.6) is 0 Å². The van der Waals surface area contributed by atoms with E-state index in [0.29, 0.717) is 17.6 Å². The highest BCUT2D eigenvalue weighted by Gasteiger charge is 2.44. The Balaban J connectivity index is 1.68. The second-order valence-electron chi connectivity index (χ2n) is 6.65. The van der Waals surface area contributed by atoms with Gasteiger partial charge in [-0.2, -0.15) is 0 Å². The molecule has 2 aromatic rings. The number of hydrogen-bond acceptors (Lipinski definition) is 10. The van der Waals surface area contributed by atoms with E-state index < -0.39 is 42.6 Å². The standard InChI is InChI=1S/C15H23N7O5/c16-6(1-2-7(17)15(25)26)3-8-10(23)11(24)14(27-8)22-5-21-9-12(18)19-4-20-13(9)22/h4-8,10-11,14,23-24H,1-3,16-17H2,(H,25,26)(H2,18,19,20)/t6-,7-,8+,10+,11-,14-/m1/s1. The number of ether oxygens (including phenoxy) is 1. The summed E-state index contributed by atoms with van der Waals surface area (Å²) < 4.78 is 7.28. The molecule has 2 aromatic heterocycles. The van der Waals surface area contributed by atoms with Crippen LogP contribution in [0.25, 0.3) is 11.2 Å². The minimum Gasteiger partial charge on any atom is -0.480 e. The highest BCUT2D eigenvalue weighted by atomic mass is 16.6. The van der Waals surface area contributed by atoms with Gasteiger partial charge in [-0.05, 0) is 19.3 Å². The number of carboxylic acid groups (broad SMARTS) is 1. The summed E-state index contributed by atoms with van der Waals surface area (Å²) in [6.07, 6.45) is -0.604. The predicted molar refractivity (Wildman–Crippen MR) is 93.1 cm³/mol. The number of rotatable bonds is 7. The van der Waals surface area contributed by atoms with Crippen molar-refractivity contribution >= 4 is 23.0 Å². The second-order valence-corrected chi connectivity index (χ2v) is 6.65. The highest BCUT2D eigenvalue weighted by Crippen LogP contribution is 2.33. The minimum atomic E-state index is -1.22. The molecule has 12 nitrogen and oxygen atoms in total. The lowest BCUT2D eigenvalue weighted by molar-refractivity contribution is -0.138. The summed E-state index contributed by atoms with van der Waals surface area (Å²) >= 11 is 0. The number of aliphatic hydroxyl groups is 2. The summed E-state index contributed by atoms with van der Waals surface area (Å²) in [7, 11) is 0. The van der Waals surface area contributed by atoms with Gasteiger partial charge in [-0.3, -0.25) is 9.36 Å². The number of nitrogens with two attached hydrogens (primary N) is 3. The third-order valence-electron chi connectivity index (χ3n) is 4.70. The second kappa shape index (κ2) is 7.70. The van der Waals surface area contributed by atoms with Crippen LogP contribution in [0.1, 0.15) is 25.5 Å². The molecule has 0 unspecified atom stereocenters. The Hall–Kier alpha value is -2.38. The molecule has 6 atom stereocenters. The fraction of sp³-hybridized carbons (Fsp3) is 0.600. The number of anilines is 1. The first-order valence-electron chi connectivity index (χ1n) is 8.48. The topological polar surface area (TPSA) is 209 Å². The maximum atomic E-state index is 10.8. The molecule has 0 spiro atoms. The van der Waals surface area contributed by atoms with Gasteiger partial charge in [0.1, 0.15) is 30.1 Å². The van der Waals surface area contributed by atoms with Crippen molar-refractivity contribution in [1.82, 2.24) is 19.5 Å². The molecule has 0 radical (unpaired) electrons. The van der Waals surface area contributed by atoms with Gasteiger partial charge in [-0.15, -0.1) is 0 Å². The quantitative estimate of drug-likeness (QED) is 0.307. The monoisotopic (exact) mass is 381 g/mol. The molecular formula is C15H23N7O5. The molecule has 0 saturated carbocycles. The zero-order chi connectivity index (χ0) is 19.7. The number of carbonyl (C=O) groups is 1. The summed E-state index contributed by atoms with van der Waals surface area (Å²) in [6, 6.07) is -1.44. The average molecular weight is 381 g/mol. The van der Waals surface area contributed by atoms with E-state index in [2.05, 4.69) is 15.0 Å². The molecule has 0 bridgehead atoms. The van der Waals surface area contributed by atoms with Crippen LogP contribution in [0.3, 0.4) is 0 Å². The normalized spacial score (nSPS) is 27.7. The van der Waals surface area contributed by atoms with Crippen LogP contribution in [-0.2, 0) is 9.53 Å². The zero-order valence-corrected chi connectivity index (χ0v) is 14.4. The molecule has 148 valence electrons. The van der Waals surface area contributed by atoms with E-state index in [1.807, 2.05) is 0 Å². The number of nitrogen functional groups attached to an aromatic ring is 1. The van der Waals surface area contributed by atoms with E-state index in [1.54, 1.807) is 0 Å². The fourth-order valence-electron chi connectivity index (χ4n) is 3.14. The maximum absolute atomic E-state index is 10.8. The van der Waals surface area contributed by atoms with Crippen LogP contribution in [0.2, 0.25) is 0 Å². The van der Waals surface area contributed by atoms with Crippen molar-refractivity contribution in [3.8, 4) is 0 Å². The molecule has 0 aromatic carbocycles. The lowest BCUT2D eigenvalue weighted by atomic mass is 9.98. The number of aliphatic carboxylic acids is 1. The predicted octanol–water partition coefficient (Wildman–Crippen LogP) is -2.06. The summed E-state index contributed by atoms with van der Waals surface area (Å²) in [5.41, 5.74) is 18.0. The van der Waals surface area contributed by atoms with Crippen LogP contribution >= 0.6 is 0 Å². The molecule has 12 heteroatoms. The van der Waals surface area contributed by atoms with Crippen LogP contribution < -0.4 is 17.2 Å². The zero-order valence-electron chi connectivity index (χ0n) is 14.4. The van der Waals surface area contributed by atoms with Gasteiger partial charge in [0.2, 0.25) is 0 Å². The number of aromatic nitrogens is 4. The Morgan fingerprint density at radius 3 is 2.67 bits per heavy atom. The highest BCUT2D eigenvalue weighted by molar-refractivity contribution is 5.81. The van der Waals surface area contributed by atoms with Crippen molar-refractivity contribution in [2.24, 2.45) is 11.5 Å². The van der Waals surface area contributed by atoms with E-state index in [9.17, 15) is 15.0 Å². The van der Waals surface area contributed by atoms with Crippen LogP contribution in [0.4, 0.5) is 5.82 Å². The summed E-state index contributed by atoms with van der Waals surface area (Å²) in [6.45, 7) is 0. The fourth-order valence-corrected chi connectivity index (χ4v) is 3.14. The molecule has 0 amide bonds. The Labute approximate surface area is 154 Å². The largest absolute Gasteiger partial charge is 0.480 e. The van der Waals surface area contributed by atoms with Gasteiger partial charge in [-0.25, -0.2) is 15.0 Å². The van der Waals surface area contributed by atoms with E-state index >= 15 is 0 Å². The van der Waals surface area contributed by atoms with Gasteiger partial charge in [0.25, 0.3) is 0 Å². The van der Waals surface area contributed by atoms with Gasteiger partial charge >= 0.3 is 5.97 Å². The Morgan fingerprint density at radius 2 is 1.96 bits per heavy atom. The summed E-state index contributed by atoms with van der Waals surface area (Å²) in [5, 5.41) is 29.5. The van der Waals surface area contributed by atoms with Crippen molar-refractivity contribution in [2.75, 3.05) is 5.73 Å². The number of hydrogen-bond donors (Lipinski definition) is 6. The smallest absolute Gasteiger partial charge is 0.320 e. The Kier molecular flexibility index (Phi) is 5.53. The van der Waals surface area contributed by atoms with E-state index in [1.165, 1.54) is 17.2 Å². The SMILES string of the molecule is Nc1ncnc2c1ncn2[C@@H]1O[C@@H](C[C@H](N)CC[C@@H](N)C(=O)O)[C@H](O)[C@H]1O. The lowest BCUT2D eigenvalue weighted by Gasteiger charge is -2.20. The van der Waals surface area contributed by atoms with Crippen LogP contribution in [0, 0.1) is 0 Å². The van der Waals surface area contributed by atoms with E-state index in [4.69, 9.17) is 27.0 Å². The minimum absolute atomic E-state index is 0.195. The first kappa shape index (κ1) is 19.4. The van der Waals surface area contributed by atoms with Crippen molar-refractivity contribution < 1.29 is 24.9 Å². The lowest BCUT2D eigenvalue weighted by Crippen LogP contribution is -2.37.